The van der Waals surface area contributed by atoms with Gasteiger partial charge in [-0.3, -0.25) is 10.1 Å². The zero-order valence-electron chi connectivity index (χ0n) is 19.4. The Balaban J connectivity index is 1.21. The number of hydrogen-bond donors (Lipinski definition) is 1. The highest BCUT2D eigenvalue weighted by Gasteiger charge is 2.18. The van der Waals surface area contributed by atoms with Gasteiger partial charge in [-0.1, -0.05) is 65.9 Å². The number of nitrogens with zero attached hydrogens (tertiary/aromatic N) is 4. The number of hydrogen-bond acceptors (Lipinski definition) is 8. The average molecular weight is 498 g/mol. The molecule has 0 aliphatic carbocycles. The van der Waals surface area contributed by atoms with Gasteiger partial charge in [-0.25, -0.2) is 0 Å². The smallest absolute Gasteiger partial charge is 0.268 e. The highest BCUT2D eigenvalue weighted by molar-refractivity contribution is 7.19. The molecule has 0 unspecified atom stereocenters. The molecule has 0 radical (unpaired) electrons. The molecule has 9 heteroatoms. The number of carbonyl (C=O) groups excluding carboxylic acids is 1. The Morgan fingerprint density at radius 3 is 2.67 bits per heavy atom. The van der Waals surface area contributed by atoms with E-state index in [0.29, 0.717) is 36.3 Å². The van der Waals surface area contributed by atoms with Crippen molar-refractivity contribution in [1.29, 1.82) is 5.26 Å². The van der Waals surface area contributed by atoms with E-state index in [9.17, 15) is 10.1 Å². The Hall–Kier alpha value is -4.26. The van der Waals surface area contributed by atoms with E-state index in [1.165, 1.54) is 22.8 Å². The highest BCUT2D eigenvalue weighted by atomic mass is 32.1. The normalized spacial score (nSPS) is 13.9. The molecule has 1 aromatic heterocycles. The Morgan fingerprint density at radius 1 is 1.08 bits per heavy atom. The van der Waals surface area contributed by atoms with Crippen molar-refractivity contribution in [3.8, 4) is 11.8 Å². The number of aromatic nitrogens is 2. The molecule has 1 amide bonds. The quantitative estimate of drug-likeness (QED) is 0.293. The largest absolute Gasteiger partial charge is 0.489 e. The molecule has 5 rings (SSSR count). The summed E-state index contributed by atoms with van der Waals surface area (Å²) in [6, 6.07) is 23.6. The molecular formula is C27H23N5O3S. The second-order valence-corrected chi connectivity index (χ2v) is 9.07. The van der Waals surface area contributed by atoms with Crippen LogP contribution < -0.4 is 15.0 Å². The van der Waals surface area contributed by atoms with Crippen LogP contribution in [0.4, 0.5) is 10.3 Å². The molecule has 3 aromatic carbocycles. The van der Waals surface area contributed by atoms with E-state index in [1.807, 2.05) is 48.5 Å². The van der Waals surface area contributed by atoms with Gasteiger partial charge in [0.1, 0.15) is 24.0 Å². The predicted molar refractivity (Wildman–Crippen MR) is 140 cm³/mol. The molecule has 0 atom stereocenters. The number of carbonyl (C=O) groups is 1. The van der Waals surface area contributed by atoms with Gasteiger partial charge in [0.2, 0.25) is 10.3 Å². The van der Waals surface area contributed by atoms with Crippen LogP contribution in [0.15, 0.2) is 72.3 Å². The van der Waals surface area contributed by atoms with Gasteiger partial charge >= 0.3 is 0 Å². The Bertz CT molecular complexity index is 1430. The summed E-state index contributed by atoms with van der Waals surface area (Å²) >= 11 is 1.27. The van der Waals surface area contributed by atoms with Gasteiger partial charge in [0.15, 0.2) is 0 Å². The van der Waals surface area contributed by atoms with Crippen LogP contribution in [-0.4, -0.2) is 42.4 Å². The maximum Gasteiger partial charge on any atom is 0.268 e. The minimum Gasteiger partial charge on any atom is -0.489 e. The van der Waals surface area contributed by atoms with Gasteiger partial charge in [0.05, 0.1) is 13.2 Å². The summed E-state index contributed by atoms with van der Waals surface area (Å²) in [4.78, 5) is 14.7. The number of amides is 1. The summed E-state index contributed by atoms with van der Waals surface area (Å²) in [7, 11) is 0. The number of benzene rings is 3. The lowest BCUT2D eigenvalue weighted by atomic mass is 10.1. The van der Waals surface area contributed by atoms with Crippen molar-refractivity contribution >= 4 is 44.4 Å². The van der Waals surface area contributed by atoms with Crippen LogP contribution in [0, 0.1) is 11.3 Å². The number of nitriles is 1. The first kappa shape index (κ1) is 23.5. The van der Waals surface area contributed by atoms with E-state index in [0.717, 1.165) is 29.2 Å². The monoisotopic (exact) mass is 497 g/mol. The summed E-state index contributed by atoms with van der Waals surface area (Å²) in [6.45, 7) is 3.17. The molecule has 8 nitrogen and oxygen atoms in total. The van der Waals surface area contributed by atoms with E-state index < -0.39 is 5.91 Å². The van der Waals surface area contributed by atoms with E-state index >= 15 is 0 Å². The maximum absolute atomic E-state index is 12.6. The van der Waals surface area contributed by atoms with Crippen LogP contribution in [0.3, 0.4) is 0 Å². The number of anilines is 2. The average Bonchev–Trinajstić information content (AvgIpc) is 3.40. The van der Waals surface area contributed by atoms with Crippen LogP contribution in [-0.2, 0) is 16.1 Å². The third kappa shape index (κ3) is 5.51. The minimum absolute atomic E-state index is 0.0254. The molecule has 1 aliphatic rings. The fraction of sp³-hybridized carbons (Fsp3) is 0.185. The summed E-state index contributed by atoms with van der Waals surface area (Å²) in [6.07, 6.45) is 1.54. The molecule has 1 fully saturated rings. The van der Waals surface area contributed by atoms with Crippen molar-refractivity contribution in [3.63, 3.8) is 0 Å². The number of fused-ring (bicyclic) bond motifs is 1. The SMILES string of the molecule is N#C/C(=C/c1ccc(OCc2cccc3ccccc23)cc1)C(=O)Nc1nnc(N2CCOCC2)s1. The molecule has 1 saturated heterocycles. The Kier molecular flexibility index (Phi) is 7.17. The van der Waals surface area contributed by atoms with Gasteiger partial charge < -0.3 is 14.4 Å². The predicted octanol–water partition coefficient (Wildman–Crippen LogP) is 4.65. The van der Waals surface area contributed by atoms with E-state index in [-0.39, 0.29) is 5.57 Å². The van der Waals surface area contributed by atoms with Crippen LogP contribution in [0.5, 0.6) is 5.75 Å². The molecule has 0 bridgehead atoms. The van der Waals surface area contributed by atoms with Crippen molar-refractivity contribution in [2.75, 3.05) is 36.5 Å². The maximum atomic E-state index is 12.6. The second kappa shape index (κ2) is 11.0. The van der Waals surface area contributed by atoms with Crippen molar-refractivity contribution < 1.29 is 14.3 Å². The third-order valence-corrected chi connectivity index (χ3v) is 6.65. The fourth-order valence-electron chi connectivity index (χ4n) is 3.87. The summed E-state index contributed by atoms with van der Waals surface area (Å²) in [5, 5.41) is 23.8. The molecule has 0 spiro atoms. The zero-order chi connectivity index (χ0) is 24.7. The van der Waals surface area contributed by atoms with Gasteiger partial charge in [-0.2, -0.15) is 5.26 Å². The first-order chi connectivity index (χ1) is 17.7. The van der Waals surface area contributed by atoms with Gasteiger partial charge in [-0.15, -0.1) is 10.2 Å². The van der Waals surface area contributed by atoms with Crippen LogP contribution in [0.2, 0.25) is 0 Å². The lowest BCUT2D eigenvalue weighted by Gasteiger charge is -2.25. The van der Waals surface area contributed by atoms with Crippen LogP contribution in [0.1, 0.15) is 11.1 Å². The number of ether oxygens (including phenoxy) is 2. The third-order valence-electron chi connectivity index (χ3n) is 5.75. The van der Waals surface area contributed by atoms with Gasteiger partial charge in [0.25, 0.3) is 5.91 Å². The second-order valence-electron chi connectivity index (χ2n) is 8.11. The Labute approximate surface area is 212 Å². The molecular weight excluding hydrogens is 474 g/mol. The number of nitrogens with one attached hydrogen (secondary N) is 1. The highest BCUT2D eigenvalue weighted by Crippen LogP contribution is 2.25. The molecule has 4 aromatic rings. The Morgan fingerprint density at radius 2 is 1.86 bits per heavy atom. The van der Waals surface area contributed by atoms with Crippen molar-refractivity contribution in [3.05, 3.63) is 83.4 Å². The minimum atomic E-state index is -0.529. The standard InChI is InChI=1S/C27H23N5O3S/c28-17-22(25(33)29-26-30-31-27(36-26)32-12-14-34-15-13-32)16-19-8-10-23(11-9-19)35-18-21-6-3-5-20-4-1-2-7-24(20)21/h1-11,16H,12-15,18H2,(H,29,30,33)/b22-16-. The van der Waals surface area contributed by atoms with E-state index in [2.05, 4.69) is 44.7 Å². The molecule has 2 heterocycles. The summed E-state index contributed by atoms with van der Waals surface area (Å²) in [5.41, 5.74) is 1.79. The molecule has 1 aliphatic heterocycles. The summed E-state index contributed by atoms with van der Waals surface area (Å²) < 4.78 is 11.3. The zero-order valence-corrected chi connectivity index (χ0v) is 20.2. The van der Waals surface area contributed by atoms with E-state index in [4.69, 9.17) is 9.47 Å². The first-order valence-corrected chi connectivity index (χ1v) is 12.3. The molecule has 0 saturated carbocycles. The van der Waals surface area contributed by atoms with Crippen LogP contribution in [0.25, 0.3) is 16.8 Å². The van der Waals surface area contributed by atoms with Crippen molar-refractivity contribution in [2.45, 2.75) is 6.61 Å². The van der Waals surface area contributed by atoms with Gasteiger partial charge in [0, 0.05) is 13.1 Å². The molecule has 180 valence electrons. The molecule has 36 heavy (non-hydrogen) atoms. The van der Waals surface area contributed by atoms with Crippen LogP contribution >= 0.6 is 11.3 Å². The number of rotatable bonds is 7. The van der Waals surface area contributed by atoms with Crippen molar-refractivity contribution in [2.24, 2.45) is 0 Å². The molecule has 1 N–H and O–H groups in total. The van der Waals surface area contributed by atoms with Crippen molar-refractivity contribution in [1.82, 2.24) is 10.2 Å². The lowest BCUT2D eigenvalue weighted by Crippen LogP contribution is -2.36. The number of morpholine rings is 1. The lowest BCUT2D eigenvalue weighted by molar-refractivity contribution is -0.112. The fourth-order valence-corrected chi connectivity index (χ4v) is 4.66. The first-order valence-electron chi connectivity index (χ1n) is 11.5. The van der Waals surface area contributed by atoms with Gasteiger partial charge in [-0.05, 0) is 40.1 Å². The topological polar surface area (TPSA) is 100 Å². The van der Waals surface area contributed by atoms with E-state index in [1.54, 1.807) is 0 Å². The summed E-state index contributed by atoms with van der Waals surface area (Å²) in [5.74, 6) is 0.172.